The van der Waals surface area contributed by atoms with Gasteiger partial charge in [-0.1, -0.05) is 147 Å². The summed E-state index contributed by atoms with van der Waals surface area (Å²) in [5, 5.41) is 6.53. The van der Waals surface area contributed by atoms with E-state index in [1.807, 2.05) is 81.4 Å². The predicted molar refractivity (Wildman–Crippen MR) is 222 cm³/mol. The summed E-state index contributed by atoms with van der Waals surface area (Å²) in [4.78, 5) is 8.87. The number of hydrogen-bond donors (Lipinski definition) is 0. The van der Waals surface area contributed by atoms with Crippen LogP contribution >= 0.6 is 0 Å². The first-order chi connectivity index (χ1) is 29.4. The van der Waals surface area contributed by atoms with E-state index >= 15 is 0 Å². The average Bonchev–Trinajstić information content (AvgIpc) is 3.64. The zero-order chi connectivity index (χ0) is 44.2. The molecule has 0 saturated carbocycles. The number of benzene rings is 6. The van der Waals surface area contributed by atoms with Gasteiger partial charge in [-0.2, -0.15) is 0 Å². The molecule has 269 valence electrons. The number of rotatable bonds is 4. The van der Waals surface area contributed by atoms with Gasteiger partial charge >= 0.3 is 0 Å². The molecule has 0 bridgehead atoms. The largest absolute Gasteiger partial charge is 0.500 e. The summed E-state index contributed by atoms with van der Waals surface area (Å²) in [6, 6.07) is 44.4. The second-order valence-corrected chi connectivity index (χ2v) is 14.1. The molecule has 9 rings (SSSR count). The van der Waals surface area contributed by atoms with Crippen LogP contribution in [-0.4, -0.2) is 9.97 Å². The maximum Gasteiger partial charge on any atom is 0.129 e. The zero-order valence-electron chi connectivity index (χ0n) is 39.0. The molecule has 0 saturated heterocycles. The maximum absolute atomic E-state index is 8.70. The third-order valence-electron chi connectivity index (χ3n) is 9.14. The Hall–Kier alpha value is -5.41. The summed E-state index contributed by atoms with van der Waals surface area (Å²) in [5.41, 5.74) is 6.21. The van der Waals surface area contributed by atoms with Crippen molar-refractivity contribution < 1.29 is 36.9 Å². The van der Waals surface area contributed by atoms with Crippen LogP contribution in [0.4, 0.5) is 0 Å². The van der Waals surface area contributed by atoms with Gasteiger partial charge in [0.15, 0.2) is 0 Å². The maximum atomic E-state index is 8.70. The second-order valence-electron chi connectivity index (χ2n) is 14.1. The van der Waals surface area contributed by atoms with Gasteiger partial charge in [0, 0.05) is 55.6 Å². The van der Waals surface area contributed by atoms with Crippen molar-refractivity contribution in [1.82, 2.24) is 9.97 Å². The molecule has 0 fully saturated rings. The van der Waals surface area contributed by atoms with Crippen LogP contribution in [0.1, 0.15) is 55.4 Å². The summed E-state index contributed by atoms with van der Waals surface area (Å²) in [6.45, 7) is 1.09. The van der Waals surface area contributed by atoms with Crippen LogP contribution in [0.2, 0.25) is 0 Å². The SMILES string of the molecule is [2H]C([2H])([2H])c1ccc(-c2[c-]cc(C([2H])([2H])[2H])c(-c3ccccc3)c2)nc1.[2H]Cc1cc(-c2[c-]ccc3c2oc2c3ccc3ccc4ccccc4c32)ncc1C([2H])([2H])C(C)(C)C.[Ir]. The Labute approximate surface area is 344 Å². The Balaban J connectivity index is 0.000000196. The first-order valence-corrected chi connectivity index (χ1v) is 17.4. The normalized spacial score (nSPS) is 14.6. The van der Waals surface area contributed by atoms with E-state index in [2.05, 4.69) is 58.5 Å². The summed E-state index contributed by atoms with van der Waals surface area (Å²) >= 11 is 0. The van der Waals surface area contributed by atoms with Crippen LogP contribution in [0.25, 0.3) is 77.1 Å². The van der Waals surface area contributed by atoms with Crippen molar-refractivity contribution in [1.29, 1.82) is 0 Å². The monoisotopic (exact) mass is 888 g/mol. The van der Waals surface area contributed by atoms with Gasteiger partial charge in [-0.15, -0.1) is 47.5 Å². The Morgan fingerprint density at radius 2 is 1.48 bits per heavy atom. The van der Waals surface area contributed by atoms with Crippen molar-refractivity contribution in [3.63, 3.8) is 0 Å². The molecule has 3 heterocycles. The number of aromatic nitrogens is 2. The molecule has 0 amide bonds. The van der Waals surface area contributed by atoms with E-state index in [1.165, 1.54) is 18.3 Å². The van der Waals surface area contributed by atoms with Crippen LogP contribution < -0.4 is 0 Å². The Morgan fingerprint density at radius 1 is 0.704 bits per heavy atom. The van der Waals surface area contributed by atoms with Crippen LogP contribution in [0.5, 0.6) is 0 Å². The van der Waals surface area contributed by atoms with Gasteiger partial charge in [-0.3, -0.25) is 0 Å². The number of furan rings is 1. The number of fused-ring (bicyclic) bond motifs is 7. The van der Waals surface area contributed by atoms with Gasteiger partial charge in [0.25, 0.3) is 0 Å². The molecule has 9 aromatic rings. The number of pyridine rings is 2. The van der Waals surface area contributed by atoms with E-state index in [9.17, 15) is 0 Å². The van der Waals surface area contributed by atoms with Crippen LogP contribution in [0, 0.1) is 38.2 Å². The molecule has 6 aromatic carbocycles. The molecule has 0 aliphatic heterocycles. The molecule has 0 unspecified atom stereocenters. The standard InChI is InChI=1S/C31H26NO.C19H16N.Ir/c1-19-16-27(32-18-22(19)17-31(2,3)4)26-11-7-10-24-25-15-14-21-13-12-20-8-5-6-9-23(20)28(21)30(25)33-29(24)26;1-14-8-11-19(20-13-14)17-10-9-15(2)18(12-17)16-6-4-3-5-7-16;/h5-10,12-16,18H,17H2,1-4H3;3-9,11-13H,1-2H3;/q2*-1;/i1D,17D2;1D3,2D3;. The molecule has 0 atom stereocenters. The number of aryl methyl sites for hydroxylation is 3. The molecule has 0 N–H and O–H groups in total. The number of nitrogens with zero attached hydrogens (tertiary/aromatic N) is 2. The fraction of sp³-hybridized carbons (Fsp3) is 0.160. The van der Waals surface area contributed by atoms with E-state index in [0.717, 1.165) is 49.0 Å². The van der Waals surface area contributed by atoms with Crippen molar-refractivity contribution in [3.8, 4) is 33.6 Å². The summed E-state index contributed by atoms with van der Waals surface area (Å²) in [6.07, 6.45) is 1.28. The smallest absolute Gasteiger partial charge is 0.129 e. The van der Waals surface area contributed by atoms with Gasteiger partial charge < -0.3 is 14.4 Å². The topological polar surface area (TPSA) is 38.9 Å². The molecule has 0 aliphatic carbocycles. The minimum Gasteiger partial charge on any atom is -0.500 e. The van der Waals surface area contributed by atoms with E-state index in [0.29, 0.717) is 39.2 Å². The second kappa shape index (κ2) is 15.1. The molecule has 0 aliphatic rings. The Morgan fingerprint density at radius 3 is 2.26 bits per heavy atom. The summed E-state index contributed by atoms with van der Waals surface area (Å²) in [5.74, 6) is 0. The Bertz CT molecular complexity index is 3100. The van der Waals surface area contributed by atoms with Gasteiger partial charge in [0.2, 0.25) is 0 Å². The fourth-order valence-electron chi connectivity index (χ4n) is 6.68. The molecule has 54 heavy (non-hydrogen) atoms. The molecule has 0 spiro atoms. The average molecular weight is 888 g/mol. The van der Waals surface area contributed by atoms with Gasteiger partial charge in [-0.25, -0.2) is 0 Å². The van der Waals surface area contributed by atoms with Crippen molar-refractivity contribution >= 4 is 43.5 Å². The zero-order valence-corrected chi connectivity index (χ0v) is 32.4. The Kier molecular flexibility index (Phi) is 7.63. The molecular weight excluding hydrogens is 837 g/mol. The molecule has 4 heteroatoms. The minimum absolute atomic E-state index is 0. The first-order valence-electron chi connectivity index (χ1n) is 22.1. The van der Waals surface area contributed by atoms with Crippen LogP contribution in [-0.2, 0) is 26.5 Å². The van der Waals surface area contributed by atoms with E-state index in [4.69, 9.17) is 16.8 Å². The van der Waals surface area contributed by atoms with Gasteiger partial charge in [0.05, 0.1) is 5.58 Å². The van der Waals surface area contributed by atoms with Gasteiger partial charge in [0.1, 0.15) is 5.58 Å². The van der Waals surface area contributed by atoms with E-state index < -0.39 is 25.5 Å². The van der Waals surface area contributed by atoms with Crippen molar-refractivity contribution in [2.75, 3.05) is 0 Å². The van der Waals surface area contributed by atoms with Crippen molar-refractivity contribution in [2.24, 2.45) is 5.41 Å². The van der Waals surface area contributed by atoms with Crippen molar-refractivity contribution in [2.45, 2.75) is 47.7 Å². The van der Waals surface area contributed by atoms with Crippen LogP contribution in [0.3, 0.4) is 0 Å². The van der Waals surface area contributed by atoms with Gasteiger partial charge in [-0.05, 0) is 69.8 Å². The third-order valence-corrected chi connectivity index (χ3v) is 9.14. The van der Waals surface area contributed by atoms with E-state index in [1.54, 1.807) is 18.3 Å². The first kappa shape index (κ1) is 27.2. The molecule has 1 radical (unpaired) electrons. The van der Waals surface area contributed by atoms with Crippen molar-refractivity contribution in [3.05, 3.63) is 168 Å². The quantitative estimate of drug-likeness (QED) is 0.131. The molecule has 3 nitrogen and oxygen atoms in total. The fourth-order valence-corrected chi connectivity index (χ4v) is 6.68. The molecular formula is C50H42IrN2O-2. The van der Waals surface area contributed by atoms with Crippen LogP contribution in [0.15, 0.2) is 138 Å². The summed E-state index contributed by atoms with van der Waals surface area (Å²) in [7, 11) is 0. The predicted octanol–water partition coefficient (Wildman–Crippen LogP) is 13.5. The number of hydrogen-bond acceptors (Lipinski definition) is 3. The molecule has 3 aromatic heterocycles. The minimum atomic E-state index is -2.27. The summed E-state index contributed by atoms with van der Waals surface area (Å²) < 4.78 is 77.7. The third kappa shape index (κ3) is 7.37. The van der Waals surface area contributed by atoms with E-state index in [-0.39, 0.29) is 38.1 Å².